The summed E-state index contributed by atoms with van der Waals surface area (Å²) >= 11 is 0. The van der Waals surface area contributed by atoms with E-state index in [-0.39, 0.29) is 5.82 Å². The Bertz CT molecular complexity index is 741. The van der Waals surface area contributed by atoms with E-state index >= 15 is 0 Å². The Kier molecular flexibility index (Phi) is 6.43. The first kappa shape index (κ1) is 19.6. The Balaban J connectivity index is 2.10. The predicted molar refractivity (Wildman–Crippen MR) is 97.0 cm³/mol. The number of methoxy groups -OCH3 is 1. The fourth-order valence-electron chi connectivity index (χ4n) is 2.39. The minimum absolute atomic E-state index is 0.216. The molecule has 0 spiro atoms. The van der Waals surface area contributed by atoms with Gasteiger partial charge in [0.05, 0.1) is 18.9 Å². The Morgan fingerprint density at radius 3 is 2.46 bits per heavy atom. The van der Waals surface area contributed by atoms with Gasteiger partial charge in [0.2, 0.25) is 0 Å². The van der Waals surface area contributed by atoms with Crippen molar-refractivity contribution in [1.29, 1.82) is 0 Å². The quantitative estimate of drug-likeness (QED) is 0.583. The van der Waals surface area contributed by atoms with Crippen LogP contribution in [0.4, 0.5) is 24.7 Å². The van der Waals surface area contributed by atoms with E-state index in [1.807, 2.05) is 18.2 Å². The topological polar surface area (TPSA) is 49.8 Å². The highest BCUT2D eigenvalue weighted by Gasteiger charge is 2.30. The zero-order valence-electron chi connectivity index (χ0n) is 14.8. The third-order valence-corrected chi connectivity index (χ3v) is 3.82. The Morgan fingerprint density at radius 1 is 1.19 bits per heavy atom. The van der Waals surface area contributed by atoms with Crippen LogP contribution in [0, 0.1) is 0 Å². The molecular weight excluding hydrogens is 345 g/mol. The van der Waals surface area contributed by atoms with Crippen LogP contribution in [-0.4, -0.2) is 31.4 Å². The van der Waals surface area contributed by atoms with Crippen LogP contribution in [-0.2, 0) is 6.18 Å². The molecule has 26 heavy (non-hydrogen) atoms. The summed E-state index contributed by atoms with van der Waals surface area (Å²) in [5, 5.41) is 4.01. The fourth-order valence-corrected chi connectivity index (χ4v) is 2.39. The Morgan fingerprint density at radius 2 is 1.92 bits per heavy atom. The zero-order valence-corrected chi connectivity index (χ0v) is 14.8. The third kappa shape index (κ3) is 4.87. The highest BCUT2D eigenvalue weighted by molar-refractivity contribution is 5.85. The molecule has 0 fully saturated rings. The van der Waals surface area contributed by atoms with Crippen molar-refractivity contribution in [1.82, 2.24) is 4.98 Å². The number of nitrogens with one attached hydrogen (secondary N) is 1. The number of ether oxygens (including phenoxy) is 1. The highest BCUT2D eigenvalue weighted by Crippen LogP contribution is 2.29. The molecule has 1 aromatic carbocycles. The van der Waals surface area contributed by atoms with Crippen molar-refractivity contribution >= 4 is 17.7 Å². The minimum Gasteiger partial charge on any atom is -0.496 e. The van der Waals surface area contributed by atoms with Crippen LogP contribution in [0.15, 0.2) is 41.6 Å². The van der Waals surface area contributed by atoms with Gasteiger partial charge >= 0.3 is 6.18 Å². The standard InChI is InChI=1S/C18H21F3N4O/c1-4-25(5-2)15-8-6-13(16(10-15)26-3)11-23-24-17-9-7-14(12-22-17)18(19,20)21/h6-12H,4-5H2,1-3H3,(H,22,24)/b23-11-. The number of aromatic nitrogens is 1. The number of hydrazone groups is 1. The number of alkyl halides is 3. The normalized spacial score (nSPS) is 11.6. The van der Waals surface area contributed by atoms with Crippen LogP contribution >= 0.6 is 0 Å². The lowest BCUT2D eigenvalue weighted by molar-refractivity contribution is -0.137. The third-order valence-electron chi connectivity index (χ3n) is 3.82. The molecule has 1 N–H and O–H groups in total. The van der Waals surface area contributed by atoms with E-state index < -0.39 is 11.7 Å². The van der Waals surface area contributed by atoms with Gasteiger partial charge in [0.15, 0.2) is 0 Å². The van der Waals surface area contributed by atoms with Crippen molar-refractivity contribution < 1.29 is 17.9 Å². The molecule has 0 unspecified atom stereocenters. The molecule has 0 amide bonds. The van der Waals surface area contributed by atoms with Crippen LogP contribution in [0.1, 0.15) is 25.0 Å². The maximum Gasteiger partial charge on any atom is 0.417 e. The summed E-state index contributed by atoms with van der Waals surface area (Å²) in [5.74, 6) is 0.869. The summed E-state index contributed by atoms with van der Waals surface area (Å²) in [4.78, 5) is 5.88. The van der Waals surface area contributed by atoms with Gasteiger partial charge in [-0.05, 0) is 38.1 Å². The van der Waals surface area contributed by atoms with E-state index in [0.29, 0.717) is 5.75 Å². The van der Waals surface area contributed by atoms with Gasteiger partial charge < -0.3 is 9.64 Å². The molecule has 0 saturated heterocycles. The molecule has 0 radical (unpaired) electrons. The molecule has 0 bridgehead atoms. The number of nitrogens with zero attached hydrogens (tertiary/aromatic N) is 3. The van der Waals surface area contributed by atoms with Gasteiger partial charge in [0.1, 0.15) is 11.6 Å². The molecule has 2 aromatic rings. The number of rotatable bonds is 7. The summed E-state index contributed by atoms with van der Waals surface area (Å²) in [6.45, 7) is 5.92. The van der Waals surface area contributed by atoms with Crippen LogP contribution in [0.2, 0.25) is 0 Å². The van der Waals surface area contributed by atoms with Gasteiger partial charge in [0.25, 0.3) is 0 Å². The highest BCUT2D eigenvalue weighted by atomic mass is 19.4. The molecule has 0 saturated carbocycles. The monoisotopic (exact) mass is 366 g/mol. The molecule has 1 aromatic heterocycles. The van der Waals surface area contributed by atoms with E-state index in [1.165, 1.54) is 12.3 Å². The first-order valence-corrected chi connectivity index (χ1v) is 8.14. The van der Waals surface area contributed by atoms with Gasteiger partial charge in [-0.3, -0.25) is 5.43 Å². The summed E-state index contributed by atoms with van der Waals surface area (Å²) in [6.07, 6.45) is -2.11. The second kappa shape index (κ2) is 8.55. The van der Waals surface area contributed by atoms with Crippen molar-refractivity contribution in [3.8, 4) is 5.75 Å². The summed E-state index contributed by atoms with van der Waals surface area (Å²) in [5.41, 5.74) is 3.58. The lowest BCUT2D eigenvalue weighted by Crippen LogP contribution is -2.21. The maximum absolute atomic E-state index is 12.5. The van der Waals surface area contributed by atoms with E-state index in [4.69, 9.17) is 4.74 Å². The number of pyridine rings is 1. The lowest BCUT2D eigenvalue weighted by Gasteiger charge is -2.21. The van der Waals surface area contributed by atoms with Gasteiger partial charge in [-0.25, -0.2) is 4.98 Å². The summed E-state index contributed by atoms with van der Waals surface area (Å²) < 4.78 is 42.9. The molecule has 8 heteroatoms. The number of hydrogen-bond donors (Lipinski definition) is 1. The molecule has 0 aliphatic heterocycles. The summed E-state index contributed by atoms with van der Waals surface area (Å²) in [7, 11) is 1.57. The van der Waals surface area contributed by atoms with Crippen molar-refractivity contribution in [3.63, 3.8) is 0 Å². The second-order valence-corrected chi connectivity index (χ2v) is 5.40. The van der Waals surface area contributed by atoms with Crippen LogP contribution < -0.4 is 15.1 Å². The first-order chi connectivity index (χ1) is 12.4. The van der Waals surface area contributed by atoms with Gasteiger partial charge in [-0.15, -0.1) is 0 Å². The van der Waals surface area contributed by atoms with E-state index in [1.54, 1.807) is 7.11 Å². The minimum atomic E-state index is -4.41. The van der Waals surface area contributed by atoms with E-state index in [0.717, 1.165) is 36.6 Å². The molecular formula is C18H21F3N4O. The Hall–Kier alpha value is -2.77. The van der Waals surface area contributed by atoms with E-state index in [9.17, 15) is 13.2 Å². The van der Waals surface area contributed by atoms with Crippen molar-refractivity contribution in [3.05, 3.63) is 47.7 Å². The molecule has 140 valence electrons. The lowest BCUT2D eigenvalue weighted by atomic mass is 10.2. The SMILES string of the molecule is CCN(CC)c1ccc(/C=N\Nc2ccc(C(F)(F)F)cn2)c(OC)c1. The van der Waals surface area contributed by atoms with Crippen molar-refractivity contribution in [2.45, 2.75) is 20.0 Å². The van der Waals surface area contributed by atoms with Gasteiger partial charge in [0, 0.05) is 36.6 Å². The van der Waals surface area contributed by atoms with Crippen molar-refractivity contribution in [2.24, 2.45) is 5.10 Å². The summed E-state index contributed by atoms with van der Waals surface area (Å²) in [6, 6.07) is 7.93. The number of anilines is 2. The van der Waals surface area contributed by atoms with Gasteiger partial charge in [-0.2, -0.15) is 18.3 Å². The molecule has 5 nitrogen and oxygen atoms in total. The van der Waals surface area contributed by atoms with Gasteiger partial charge in [-0.1, -0.05) is 0 Å². The van der Waals surface area contributed by atoms with E-state index in [2.05, 4.69) is 34.3 Å². The largest absolute Gasteiger partial charge is 0.496 e. The molecule has 0 aliphatic carbocycles. The second-order valence-electron chi connectivity index (χ2n) is 5.40. The zero-order chi connectivity index (χ0) is 19.2. The first-order valence-electron chi connectivity index (χ1n) is 8.14. The molecule has 0 atom stereocenters. The average Bonchev–Trinajstić information content (AvgIpc) is 2.63. The van der Waals surface area contributed by atoms with Crippen LogP contribution in [0.25, 0.3) is 0 Å². The number of hydrogen-bond acceptors (Lipinski definition) is 5. The Labute approximate surface area is 150 Å². The van der Waals surface area contributed by atoms with Crippen molar-refractivity contribution in [2.75, 3.05) is 30.5 Å². The smallest absolute Gasteiger partial charge is 0.417 e. The average molecular weight is 366 g/mol. The maximum atomic E-state index is 12.5. The van der Waals surface area contributed by atoms with Crippen LogP contribution in [0.3, 0.4) is 0 Å². The fraction of sp³-hybridized carbons (Fsp3) is 0.333. The number of benzene rings is 1. The predicted octanol–water partition coefficient (Wildman–Crippen LogP) is 4.40. The molecule has 2 rings (SSSR count). The number of halogens is 3. The molecule has 0 aliphatic rings. The van der Waals surface area contributed by atoms with Crippen LogP contribution in [0.5, 0.6) is 5.75 Å². The molecule has 1 heterocycles.